The van der Waals surface area contributed by atoms with Gasteiger partial charge in [-0.2, -0.15) is 0 Å². The minimum absolute atomic E-state index is 0.0493. The highest BCUT2D eigenvalue weighted by Crippen LogP contribution is 2.34. The molecular weight excluding hydrogens is 214 g/mol. The smallest absolute Gasteiger partial charge is 0.178 e. The maximum absolute atomic E-state index is 11.7. The molecule has 0 bridgehead atoms. The molecule has 2 rings (SSSR count). The van der Waals surface area contributed by atoms with E-state index in [2.05, 4.69) is 10.0 Å². The topological polar surface area (TPSA) is 82.9 Å². The highest BCUT2D eigenvalue weighted by Gasteiger charge is 2.28. The Bertz CT molecular complexity index is 532. The van der Waals surface area contributed by atoms with Crippen LogP contribution < -0.4 is 0 Å². The van der Waals surface area contributed by atoms with E-state index in [9.17, 15) is 8.42 Å². The Hall–Kier alpha value is -1.52. The Morgan fingerprint density at radius 3 is 2.87 bits per heavy atom. The predicted octanol–water partition coefficient (Wildman–Crippen LogP) is 2.22. The molecule has 0 spiro atoms. The Kier molecular flexibility index (Phi) is 2.38. The van der Waals surface area contributed by atoms with Crippen LogP contribution in [-0.2, 0) is 9.84 Å². The van der Waals surface area contributed by atoms with Gasteiger partial charge in [-0.05, 0) is 23.6 Å². The molecule has 1 aliphatic rings. The number of hydrogen-bond donors (Lipinski definition) is 0. The SMILES string of the molecule is [N-]=[N+]=N[C@@H]1CCS(=O)(=O)c2ccccc21. The molecule has 1 aromatic rings. The zero-order valence-corrected chi connectivity index (χ0v) is 8.68. The number of azide groups is 1. The van der Waals surface area contributed by atoms with Crippen molar-refractivity contribution in [2.75, 3.05) is 5.75 Å². The van der Waals surface area contributed by atoms with Gasteiger partial charge < -0.3 is 0 Å². The van der Waals surface area contributed by atoms with Gasteiger partial charge in [-0.15, -0.1) is 0 Å². The molecule has 0 N–H and O–H groups in total. The standard InChI is InChI=1S/C9H9N3O2S/c10-12-11-8-5-6-15(13,14)9-4-2-1-3-7(8)9/h1-4,8H,5-6H2/t8-/m1/s1. The van der Waals surface area contributed by atoms with Crippen LogP contribution >= 0.6 is 0 Å². The van der Waals surface area contributed by atoms with Crippen molar-refractivity contribution in [2.45, 2.75) is 17.4 Å². The van der Waals surface area contributed by atoms with Gasteiger partial charge in [0.25, 0.3) is 0 Å². The lowest BCUT2D eigenvalue weighted by atomic mass is 10.1. The second-order valence-corrected chi connectivity index (χ2v) is 5.44. The van der Waals surface area contributed by atoms with Gasteiger partial charge in [0.1, 0.15) is 0 Å². The lowest BCUT2D eigenvalue weighted by Crippen LogP contribution is -2.18. The summed E-state index contributed by atoms with van der Waals surface area (Å²) in [6, 6.07) is 6.33. The number of sulfone groups is 1. The average Bonchev–Trinajstić information content (AvgIpc) is 2.23. The minimum atomic E-state index is -3.18. The number of nitrogens with zero attached hydrogens (tertiary/aromatic N) is 3. The molecule has 15 heavy (non-hydrogen) atoms. The first-order chi connectivity index (χ1) is 7.15. The highest BCUT2D eigenvalue weighted by molar-refractivity contribution is 7.91. The Labute approximate surface area is 87.3 Å². The molecule has 0 saturated heterocycles. The van der Waals surface area contributed by atoms with Crippen molar-refractivity contribution in [1.29, 1.82) is 0 Å². The molecule has 0 aromatic heterocycles. The normalized spacial score (nSPS) is 22.5. The van der Waals surface area contributed by atoms with Crippen molar-refractivity contribution < 1.29 is 8.42 Å². The summed E-state index contributed by atoms with van der Waals surface area (Å²) in [5.74, 6) is 0.0493. The van der Waals surface area contributed by atoms with Gasteiger partial charge in [-0.25, -0.2) is 8.42 Å². The van der Waals surface area contributed by atoms with Crippen LogP contribution in [0.1, 0.15) is 18.0 Å². The van der Waals surface area contributed by atoms with Crippen molar-refractivity contribution in [1.82, 2.24) is 0 Å². The van der Waals surface area contributed by atoms with Crippen LogP contribution in [0.2, 0.25) is 0 Å². The van der Waals surface area contributed by atoms with E-state index in [1.54, 1.807) is 24.3 Å². The van der Waals surface area contributed by atoms with Gasteiger partial charge >= 0.3 is 0 Å². The van der Waals surface area contributed by atoms with Crippen LogP contribution in [-0.4, -0.2) is 14.2 Å². The Balaban J connectivity index is 2.63. The van der Waals surface area contributed by atoms with E-state index in [0.717, 1.165) is 0 Å². The van der Waals surface area contributed by atoms with Crippen LogP contribution in [0.4, 0.5) is 0 Å². The second kappa shape index (κ2) is 3.56. The third kappa shape index (κ3) is 1.69. The number of benzene rings is 1. The van der Waals surface area contributed by atoms with Crippen LogP contribution in [0.25, 0.3) is 10.4 Å². The highest BCUT2D eigenvalue weighted by atomic mass is 32.2. The van der Waals surface area contributed by atoms with Crippen LogP contribution in [0.5, 0.6) is 0 Å². The number of rotatable bonds is 1. The molecule has 0 unspecified atom stereocenters. The van der Waals surface area contributed by atoms with E-state index in [1.165, 1.54) is 0 Å². The zero-order chi connectivity index (χ0) is 10.9. The first kappa shape index (κ1) is 10.0. The molecule has 0 fully saturated rings. The molecule has 78 valence electrons. The summed E-state index contributed by atoms with van der Waals surface area (Å²) in [7, 11) is -3.18. The fourth-order valence-corrected chi connectivity index (χ4v) is 3.36. The first-order valence-electron chi connectivity index (χ1n) is 4.51. The first-order valence-corrected chi connectivity index (χ1v) is 6.16. The van der Waals surface area contributed by atoms with Crippen molar-refractivity contribution >= 4 is 9.84 Å². The summed E-state index contributed by atoms with van der Waals surface area (Å²) in [5, 5.41) is 3.61. The number of fused-ring (bicyclic) bond motifs is 1. The van der Waals surface area contributed by atoms with E-state index in [0.29, 0.717) is 16.9 Å². The van der Waals surface area contributed by atoms with Gasteiger partial charge in [0.15, 0.2) is 9.84 Å². The fourth-order valence-electron chi connectivity index (χ4n) is 1.75. The molecular formula is C9H9N3O2S. The van der Waals surface area contributed by atoms with Crippen molar-refractivity contribution in [3.8, 4) is 0 Å². The summed E-state index contributed by atoms with van der Waals surface area (Å²) in [4.78, 5) is 3.04. The maximum atomic E-state index is 11.7. The Morgan fingerprint density at radius 2 is 2.13 bits per heavy atom. The second-order valence-electron chi connectivity index (χ2n) is 3.37. The van der Waals surface area contributed by atoms with Gasteiger partial charge in [0, 0.05) is 4.91 Å². The van der Waals surface area contributed by atoms with E-state index in [1.807, 2.05) is 0 Å². The van der Waals surface area contributed by atoms with Crippen molar-refractivity contribution in [3.05, 3.63) is 40.3 Å². The summed E-state index contributed by atoms with van der Waals surface area (Å²) >= 11 is 0. The lowest BCUT2D eigenvalue weighted by molar-refractivity contribution is 0.568. The van der Waals surface area contributed by atoms with Gasteiger partial charge in [-0.1, -0.05) is 23.3 Å². The van der Waals surface area contributed by atoms with Gasteiger partial charge in [0.2, 0.25) is 0 Å². The van der Waals surface area contributed by atoms with E-state index in [4.69, 9.17) is 5.53 Å². The van der Waals surface area contributed by atoms with E-state index in [-0.39, 0.29) is 11.8 Å². The summed E-state index contributed by atoms with van der Waals surface area (Å²) in [5.41, 5.74) is 9.00. The molecule has 1 heterocycles. The van der Waals surface area contributed by atoms with Crippen molar-refractivity contribution in [2.24, 2.45) is 5.11 Å². The quantitative estimate of drug-likeness (QED) is 0.415. The van der Waals surface area contributed by atoms with Crippen LogP contribution in [0.3, 0.4) is 0 Å². The van der Waals surface area contributed by atoms with E-state index >= 15 is 0 Å². The van der Waals surface area contributed by atoms with E-state index < -0.39 is 9.84 Å². The van der Waals surface area contributed by atoms with Gasteiger partial charge in [-0.3, -0.25) is 0 Å². The summed E-state index contributed by atoms with van der Waals surface area (Å²) < 4.78 is 23.4. The maximum Gasteiger partial charge on any atom is 0.178 e. The predicted molar refractivity (Wildman–Crippen MR) is 55.0 cm³/mol. The Morgan fingerprint density at radius 1 is 1.40 bits per heavy atom. The molecule has 0 aliphatic carbocycles. The molecule has 1 aliphatic heterocycles. The molecule has 0 saturated carbocycles. The molecule has 0 radical (unpaired) electrons. The minimum Gasteiger partial charge on any atom is -0.224 e. The average molecular weight is 223 g/mol. The summed E-state index contributed by atoms with van der Waals surface area (Å²) in [6.45, 7) is 0. The van der Waals surface area contributed by atoms with Crippen LogP contribution in [0, 0.1) is 0 Å². The lowest BCUT2D eigenvalue weighted by Gasteiger charge is -2.21. The third-order valence-electron chi connectivity index (χ3n) is 2.46. The largest absolute Gasteiger partial charge is 0.224 e. The molecule has 1 aromatic carbocycles. The molecule has 5 nitrogen and oxygen atoms in total. The van der Waals surface area contributed by atoms with Crippen LogP contribution in [0.15, 0.2) is 34.3 Å². The zero-order valence-electron chi connectivity index (χ0n) is 7.87. The third-order valence-corrected chi connectivity index (χ3v) is 4.28. The van der Waals surface area contributed by atoms with Gasteiger partial charge in [0.05, 0.1) is 16.7 Å². The molecule has 6 heteroatoms. The molecule has 0 amide bonds. The fraction of sp³-hybridized carbons (Fsp3) is 0.333. The van der Waals surface area contributed by atoms with Crippen molar-refractivity contribution in [3.63, 3.8) is 0 Å². The number of hydrogen-bond acceptors (Lipinski definition) is 3. The summed E-state index contributed by atoms with van der Waals surface area (Å²) in [6.07, 6.45) is 0.364. The molecule has 1 atom stereocenters. The monoisotopic (exact) mass is 223 g/mol.